The molecule has 6 heteroatoms. The lowest BCUT2D eigenvalue weighted by molar-refractivity contribution is -0.167. The van der Waals surface area contributed by atoms with E-state index >= 15 is 0 Å². The highest BCUT2D eigenvalue weighted by Crippen LogP contribution is 2.16. The smallest absolute Gasteiger partial charge is 0.306 e. The molecule has 0 aromatic rings. The zero-order valence-electron chi connectivity index (χ0n) is 52.3. The van der Waals surface area contributed by atoms with Crippen LogP contribution in [0.3, 0.4) is 0 Å². The molecule has 0 aliphatic heterocycles. The van der Waals surface area contributed by atoms with Crippen LogP contribution in [0.4, 0.5) is 0 Å². The molecule has 456 valence electrons. The van der Waals surface area contributed by atoms with Gasteiger partial charge in [-0.15, -0.1) is 0 Å². The van der Waals surface area contributed by atoms with Crippen LogP contribution in [0.25, 0.3) is 0 Å². The molecule has 1 atom stereocenters. The fraction of sp³-hybridized carbons (Fsp3) is 0.689. The van der Waals surface area contributed by atoms with Crippen LogP contribution in [0, 0.1) is 0 Å². The lowest BCUT2D eigenvalue weighted by Gasteiger charge is -2.18. The zero-order chi connectivity index (χ0) is 57.8. The third kappa shape index (κ3) is 64.6. The minimum absolute atomic E-state index is 0.0950. The largest absolute Gasteiger partial charge is 0.462 e. The van der Waals surface area contributed by atoms with Gasteiger partial charge in [-0.3, -0.25) is 14.4 Å². The number of esters is 3. The normalized spacial score (nSPS) is 12.9. The average molecular weight is 1110 g/mol. The lowest BCUT2D eigenvalue weighted by atomic mass is 10.0. The van der Waals surface area contributed by atoms with Crippen molar-refractivity contribution in [1.82, 2.24) is 0 Å². The molecule has 0 spiro atoms. The van der Waals surface area contributed by atoms with Crippen LogP contribution in [0.15, 0.2) is 122 Å². The maximum atomic E-state index is 12.9. The molecular weight excluding hydrogens is 985 g/mol. The molecule has 0 aromatic heterocycles. The van der Waals surface area contributed by atoms with E-state index in [-0.39, 0.29) is 37.5 Å². The molecule has 0 bridgehead atoms. The predicted octanol–water partition coefficient (Wildman–Crippen LogP) is 23.2. The van der Waals surface area contributed by atoms with Gasteiger partial charge in [0.05, 0.1) is 0 Å². The number of hydrogen-bond donors (Lipinski definition) is 0. The van der Waals surface area contributed by atoms with Crippen LogP contribution < -0.4 is 0 Å². The number of carbonyl (C=O) groups is 3. The summed E-state index contributed by atoms with van der Waals surface area (Å²) in [5.74, 6) is -0.925. The summed E-state index contributed by atoms with van der Waals surface area (Å²) in [5.41, 5.74) is 0. The highest BCUT2D eigenvalue weighted by Gasteiger charge is 2.19. The minimum Gasteiger partial charge on any atom is -0.462 e. The first kappa shape index (κ1) is 75.8. The summed E-state index contributed by atoms with van der Waals surface area (Å²) in [6.07, 6.45) is 93.5. The molecule has 0 rings (SSSR count). The zero-order valence-corrected chi connectivity index (χ0v) is 52.3. The Kier molecular flexibility index (Phi) is 63.8. The maximum Gasteiger partial charge on any atom is 0.306 e. The van der Waals surface area contributed by atoms with Gasteiger partial charge in [-0.25, -0.2) is 0 Å². The SMILES string of the molecule is CC/C=C\C/C=C\C/C=C\C/C=C\C/C=C\CCCCCC(=O)OC(COC(=O)CCCCCCCCC/C=C\CCCCCCCCC)COC(=O)CCCCCCCCCCCCCC/C=C\C/C=C\C/C=C\C/C=C\CC. The van der Waals surface area contributed by atoms with E-state index in [9.17, 15) is 14.4 Å². The highest BCUT2D eigenvalue weighted by molar-refractivity contribution is 5.71. The molecule has 0 saturated heterocycles. The van der Waals surface area contributed by atoms with Crippen molar-refractivity contribution in [1.29, 1.82) is 0 Å². The number of allylic oxidation sites excluding steroid dienone is 20. The summed E-state index contributed by atoms with van der Waals surface area (Å²) in [5, 5.41) is 0. The van der Waals surface area contributed by atoms with Crippen LogP contribution in [-0.4, -0.2) is 37.2 Å². The summed E-state index contributed by atoms with van der Waals surface area (Å²) < 4.78 is 16.9. The van der Waals surface area contributed by atoms with Crippen LogP contribution in [0.1, 0.15) is 310 Å². The Bertz CT molecular complexity index is 1650. The summed E-state index contributed by atoms with van der Waals surface area (Å²) in [6, 6.07) is 0. The molecule has 0 fully saturated rings. The maximum absolute atomic E-state index is 12.9. The molecule has 0 heterocycles. The van der Waals surface area contributed by atoms with E-state index in [2.05, 4.69) is 142 Å². The molecule has 0 aliphatic carbocycles. The molecule has 0 radical (unpaired) electrons. The topological polar surface area (TPSA) is 78.9 Å². The Morgan fingerprint density at radius 2 is 0.487 bits per heavy atom. The van der Waals surface area contributed by atoms with Gasteiger partial charge in [-0.05, 0) is 128 Å². The second-order valence-corrected chi connectivity index (χ2v) is 22.0. The predicted molar refractivity (Wildman–Crippen MR) is 348 cm³/mol. The molecule has 1 unspecified atom stereocenters. The first-order chi connectivity index (χ1) is 39.5. The number of hydrogen-bond acceptors (Lipinski definition) is 6. The van der Waals surface area contributed by atoms with Crippen molar-refractivity contribution in [3.05, 3.63) is 122 Å². The van der Waals surface area contributed by atoms with E-state index in [1.165, 1.54) is 148 Å². The third-order valence-electron chi connectivity index (χ3n) is 14.2. The van der Waals surface area contributed by atoms with E-state index in [1.807, 2.05) is 0 Å². The van der Waals surface area contributed by atoms with Crippen molar-refractivity contribution in [2.45, 2.75) is 316 Å². The summed E-state index contributed by atoms with van der Waals surface area (Å²) >= 11 is 0. The van der Waals surface area contributed by atoms with Crippen LogP contribution in [0.2, 0.25) is 0 Å². The number of ether oxygens (including phenoxy) is 3. The van der Waals surface area contributed by atoms with Gasteiger partial charge in [0.1, 0.15) is 13.2 Å². The third-order valence-corrected chi connectivity index (χ3v) is 14.2. The molecule has 6 nitrogen and oxygen atoms in total. The Morgan fingerprint density at radius 1 is 0.263 bits per heavy atom. The standard InChI is InChI=1S/C74H124O6/c1-4-7-10-13-16-19-22-25-28-31-34-35-36-37-38-39-41-43-46-49-52-55-58-61-64-67-73(76)79-70-71(69-78-72(75)66-63-60-57-54-51-48-45-42-33-30-27-24-21-18-15-12-9-6-3)80-74(77)68-65-62-59-56-53-50-47-44-40-32-29-26-23-20-17-14-11-8-5-2/h7-8,10-11,16-17,19-20,25-26,28-30,33-35,40,44,50,53,71H,4-6,9,12-15,18,21-24,27,31-32,36-39,41-43,45-49,51-52,54-70H2,1-3H3/b10-7-,11-8-,19-16-,20-17-,28-25-,29-26-,33-30-,35-34-,44-40-,53-50-. The summed E-state index contributed by atoms with van der Waals surface area (Å²) in [4.78, 5) is 38.4. The highest BCUT2D eigenvalue weighted by atomic mass is 16.6. The van der Waals surface area contributed by atoms with Crippen LogP contribution >= 0.6 is 0 Å². The van der Waals surface area contributed by atoms with Gasteiger partial charge in [0.2, 0.25) is 0 Å². The van der Waals surface area contributed by atoms with E-state index < -0.39 is 6.10 Å². The first-order valence-electron chi connectivity index (χ1n) is 33.5. The van der Waals surface area contributed by atoms with Crippen molar-refractivity contribution in [3.63, 3.8) is 0 Å². The Morgan fingerprint density at radius 3 is 0.787 bits per heavy atom. The van der Waals surface area contributed by atoms with Crippen molar-refractivity contribution < 1.29 is 28.6 Å². The van der Waals surface area contributed by atoms with E-state index in [0.717, 1.165) is 122 Å². The quantitative estimate of drug-likeness (QED) is 0.0261. The minimum atomic E-state index is -0.803. The summed E-state index contributed by atoms with van der Waals surface area (Å²) in [7, 11) is 0. The Hall–Kier alpha value is -4.19. The monoisotopic (exact) mass is 1110 g/mol. The number of unbranched alkanes of at least 4 members (excludes halogenated alkanes) is 29. The van der Waals surface area contributed by atoms with Gasteiger partial charge in [0.15, 0.2) is 6.10 Å². The van der Waals surface area contributed by atoms with Gasteiger partial charge >= 0.3 is 17.9 Å². The fourth-order valence-corrected chi connectivity index (χ4v) is 9.22. The fourth-order valence-electron chi connectivity index (χ4n) is 9.22. The second-order valence-electron chi connectivity index (χ2n) is 22.0. The van der Waals surface area contributed by atoms with Crippen molar-refractivity contribution in [3.8, 4) is 0 Å². The van der Waals surface area contributed by atoms with Gasteiger partial charge in [-0.2, -0.15) is 0 Å². The van der Waals surface area contributed by atoms with Gasteiger partial charge in [-0.1, -0.05) is 284 Å². The van der Waals surface area contributed by atoms with Crippen molar-refractivity contribution >= 4 is 17.9 Å². The van der Waals surface area contributed by atoms with Gasteiger partial charge in [0, 0.05) is 19.3 Å². The van der Waals surface area contributed by atoms with Gasteiger partial charge in [0.25, 0.3) is 0 Å². The number of rotatable bonds is 60. The van der Waals surface area contributed by atoms with Crippen LogP contribution in [0.5, 0.6) is 0 Å². The molecule has 0 saturated carbocycles. The molecule has 0 aromatic carbocycles. The summed E-state index contributed by atoms with van der Waals surface area (Å²) in [6.45, 7) is 6.41. The molecule has 80 heavy (non-hydrogen) atoms. The molecule has 0 amide bonds. The Labute approximate surface area is 494 Å². The lowest BCUT2D eigenvalue weighted by Crippen LogP contribution is -2.30. The molecule has 0 aliphatic rings. The van der Waals surface area contributed by atoms with E-state index in [1.54, 1.807) is 0 Å². The average Bonchev–Trinajstić information content (AvgIpc) is 3.46. The second kappa shape index (κ2) is 67.3. The first-order valence-corrected chi connectivity index (χ1v) is 33.5. The van der Waals surface area contributed by atoms with E-state index in [4.69, 9.17) is 14.2 Å². The molecule has 0 N–H and O–H groups in total. The van der Waals surface area contributed by atoms with E-state index in [0.29, 0.717) is 12.8 Å². The number of carbonyl (C=O) groups excluding carboxylic acids is 3. The van der Waals surface area contributed by atoms with Crippen molar-refractivity contribution in [2.75, 3.05) is 13.2 Å². The van der Waals surface area contributed by atoms with Crippen molar-refractivity contribution in [2.24, 2.45) is 0 Å². The molecular formula is C74H124O6. The van der Waals surface area contributed by atoms with Crippen LogP contribution in [-0.2, 0) is 28.6 Å². The van der Waals surface area contributed by atoms with Gasteiger partial charge < -0.3 is 14.2 Å². The Balaban J connectivity index is 4.42.